The molecule has 0 fully saturated rings. The summed E-state index contributed by atoms with van der Waals surface area (Å²) in [5.41, 5.74) is 0.00284. The first kappa shape index (κ1) is 24.4. The summed E-state index contributed by atoms with van der Waals surface area (Å²) in [4.78, 5) is 12.2. The third kappa shape index (κ3) is 7.71. The number of hydrogen-bond acceptors (Lipinski definition) is 5. The Morgan fingerprint density at radius 1 is 1.10 bits per heavy atom. The number of amides is 1. The van der Waals surface area contributed by atoms with Gasteiger partial charge in [-0.3, -0.25) is 9.10 Å². The van der Waals surface area contributed by atoms with Gasteiger partial charge in [0, 0.05) is 19.0 Å². The lowest BCUT2D eigenvalue weighted by Gasteiger charge is -2.22. The van der Waals surface area contributed by atoms with Gasteiger partial charge in [0.15, 0.2) is 11.6 Å². The Bertz CT molecular complexity index is 984. The Kier molecular flexibility index (Phi) is 8.61. The maximum Gasteiger partial charge on any atom is 0.232 e. The molecule has 7 nitrogen and oxygen atoms in total. The van der Waals surface area contributed by atoms with Gasteiger partial charge < -0.3 is 14.8 Å². The molecule has 1 atom stereocenters. The van der Waals surface area contributed by atoms with E-state index in [1.165, 1.54) is 6.07 Å². The van der Waals surface area contributed by atoms with Gasteiger partial charge in [0.2, 0.25) is 15.9 Å². The molecule has 0 heterocycles. The molecule has 0 aromatic heterocycles. The number of carbonyl (C=O) groups is 1. The number of carbonyl (C=O) groups excluding carboxylic acids is 1. The maximum absolute atomic E-state index is 13.5. The smallest absolute Gasteiger partial charge is 0.232 e. The second-order valence-electron chi connectivity index (χ2n) is 6.99. The molecule has 0 saturated carbocycles. The van der Waals surface area contributed by atoms with Crippen LogP contribution in [0, 0.1) is 11.6 Å². The van der Waals surface area contributed by atoms with Gasteiger partial charge in [-0.25, -0.2) is 17.2 Å². The van der Waals surface area contributed by atoms with Gasteiger partial charge in [-0.2, -0.15) is 0 Å². The number of nitrogens with zero attached hydrogens (tertiary/aromatic N) is 1. The summed E-state index contributed by atoms with van der Waals surface area (Å²) >= 11 is 0. The highest BCUT2D eigenvalue weighted by Crippen LogP contribution is 2.21. The first-order chi connectivity index (χ1) is 14.6. The molecule has 10 heteroatoms. The lowest BCUT2D eigenvalue weighted by molar-refractivity contribution is -0.121. The predicted octanol–water partition coefficient (Wildman–Crippen LogP) is 3.10. The molecule has 0 bridgehead atoms. The Hall–Kier alpha value is -2.88. The molecular formula is C21H26F2N2O5S. The van der Waals surface area contributed by atoms with Crippen molar-refractivity contribution in [2.45, 2.75) is 25.8 Å². The van der Waals surface area contributed by atoms with E-state index in [1.54, 1.807) is 38.3 Å². The molecule has 170 valence electrons. The lowest BCUT2D eigenvalue weighted by Crippen LogP contribution is -2.37. The van der Waals surface area contributed by atoms with Gasteiger partial charge >= 0.3 is 0 Å². The molecule has 2 aromatic carbocycles. The van der Waals surface area contributed by atoms with Crippen molar-refractivity contribution in [3.05, 3.63) is 54.1 Å². The first-order valence-electron chi connectivity index (χ1n) is 9.59. The van der Waals surface area contributed by atoms with Crippen LogP contribution < -0.4 is 19.1 Å². The number of rotatable bonds is 11. The maximum atomic E-state index is 13.5. The van der Waals surface area contributed by atoms with Gasteiger partial charge in [0.05, 0.1) is 25.1 Å². The highest BCUT2D eigenvalue weighted by molar-refractivity contribution is 7.92. The first-order valence-corrected chi connectivity index (χ1v) is 11.4. The number of sulfonamides is 1. The van der Waals surface area contributed by atoms with Crippen LogP contribution in [-0.4, -0.2) is 46.9 Å². The van der Waals surface area contributed by atoms with Gasteiger partial charge in [-0.05, 0) is 49.7 Å². The van der Waals surface area contributed by atoms with Crippen molar-refractivity contribution in [2.75, 3.05) is 30.8 Å². The van der Waals surface area contributed by atoms with Crippen LogP contribution in [0.3, 0.4) is 0 Å². The predicted molar refractivity (Wildman–Crippen MR) is 114 cm³/mol. The average molecular weight is 457 g/mol. The lowest BCUT2D eigenvalue weighted by atomic mass is 10.2. The van der Waals surface area contributed by atoms with Gasteiger partial charge in [-0.1, -0.05) is 0 Å². The zero-order chi connectivity index (χ0) is 23.0. The van der Waals surface area contributed by atoms with Crippen molar-refractivity contribution >= 4 is 21.6 Å². The number of methoxy groups -OCH3 is 1. The van der Waals surface area contributed by atoms with Crippen LogP contribution in [0.4, 0.5) is 14.5 Å². The average Bonchev–Trinajstić information content (AvgIpc) is 2.71. The molecule has 0 radical (unpaired) electrons. The molecule has 0 aliphatic rings. The number of ether oxygens (including phenoxy) is 2. The molecule has 2 aromatic rings. The molecule has 2 rings (SSSR count). The second-order valence-corrected chi connectivity index (χ2v) is 8.90. The van der Waals surface area contributed by atoms with E-state index < -0.39 is 21.7 Å². The SMILES string of the molecule is COc1ccc(OC[C@@H](C)NC(=O)CCCN(c2ccc(F)c(F)c2)S(C)(=O)=O)cc1. The van der Waals surface area contributed by atoms with Crippen molar-refractivity contribution in [3.63, 3.8) is 0 Å². The van der Waals surface area contributed by atoms with Crippen LogP contribution in [0.1, 0.15) is 19.8 Å². The number of halogens is 2. The highest BCUT2D eigenvalue weighted by atomic mass is 32.2. The third-order valence-electron chi connectivity index (χ3n) is 4.32. The summed E-state index contributed by atoms with van der Waals surface area (Å²) in [6, 6.07) is 9.62. The summed E-state index contributed by atoms with van der Waals surface area (Å²) < 4.78 is 62.3. The Morgan fingerprint density at radius 3 is 2.32 bits per heavy atom. The fraction of sp³-hybridized carbons (Fsp3) is 0.381. The molecule has 0 aliphatic carbocycles. The molecule has 0 aliphatic heterocycles. The van der Waals surface area contributed by atoms with E-state index >= 15 is 0 Å². The standard InChI is InChI=1S/C21H26F2N2O5S/c1-15(14-30-18-9-7-17(29-2)8-10-18)24-21(26)5-4-12-25(31(3,27)28)16-6-11-19(22)20(23)13-16/h6-11,13,15H,4-5,12,14H2,1-3H3,(H,24,26)/t15-/m1/s1. The van der Waals surface area contributed by atoms with E-state index in [0.717, 1.165) is 22.7 Å². The zero-order valence-electron chi connectivity index (χ0n) is 17.6. The van der Waals surface area contributed by atoms with Crippen molar-refractivity contribution in [2.24, 2.45) is 0 Å². The zero-order valence-corrected chi connectivity index (χ0v) is 18.4. The quantitative estimate of drug-likeness (QED) is 0.562. The number of nitrogens with one attached hydrogen (secondary N) is 1. The summed E-state index contributed by atoms with van der Waals surface area (Å²) in [5, 5.41) is 2.78. The van der Waals surface area contributed by atoms with Crippen LogP contribution in [0.15, 0.2) is 42.5 Å². The molecule has 1 N–H and O–H groups in total. The van der Waals surface area contributed by atoms with Gasteiger partial charge in [0.1, 0.15) is 18.1 Å². The van der Waals surface area contributed by atoms with Crippen LogP contribution in [-0.2, 0) is 14.8 Å². The fourth-order valence-electron chi connectivity index (χ4n) is 2.79. The summed E-state index contributed by atoms with van der Waals surface area (Å²) in [6.45, 7) is 1.99. The Labute approximate surface area is 181 Å². The molecule has 31 heavy (non-hydrogen) atoms. The van der Waals surface area contributed by atoms with Crippen molar-refractivity contribution in [1.82, 2.24) is 5.32 Å². The summed E-state index contributed by atoms with van der Waals surface area (Å²) in [7, 11) is -2.16. The van der Waals surface area contributed by atoms with Crippen LogP contribution in [0.2, 0.25) is 0 Å². The topological polar surface area (TPSA) is 84.9 Å². The third-order valence-corrected chi connectivity index (χ3v) is 5.52. The van der Waals surface area contributed by atoms with E-state index in [-0.39, 0.29) is 43.6 Å². The van der Waals surface area contributed by atoms with E-state index in [9.17, 15) is 22.0 Å². The van der Waals surface area contributed by atoms with Crippen LogP contribution >= 0.6 is 0 Å². The Morgan fingerprint density at radius 2 is 1.74 bits per heavy atom. The minimum atomic E-state index is -3.73. The van der Waals surface area contributed by atoms with Crippen LogP contribution in [0.5, 0.6) is 11.5 Å². The van der Waals surface area contributed by atoms with E-state index in [0.29, 0.717) is 11.5 Å². The van der Waals surface area contributed by atoms with E-state index in [4.69, 9.17) is 9.47 Å². The molecule has 1 amide bonds. The molecule has 0 unspecified atom stereocenters. The minimum absolute atomic E-state index is 0.00284. The highest BCUT2D eigenvalue weighted by Gasteiger charge is 2.19. The van der Waals surface area contributed by atoms with Crippen molar-refractivity contribution in [1.29, 1.82) is 0 Å². The largest absolute Gasteiger partial charge is 0.497 e. The van der Waals surface area contributed by atoms with E-state index in [2.05, 4.69) is 5.32 Å². The number of anilines is 1. The second kappa shape index (κ2) is 10.9. The Balaban J connectivity index is 1.82. The monoisotopic (exact) mass is 456 g/mol. The summed E-state index contributed by atoms with van der Waals surface area (Å²) in [6.07, 6.45) is 1.22. The van der Waals surface area contributed by atoms with Crippen molar-refractivity contribution < 1.29 is 31.5 Å². The number of benzene rings is 2. The normalized spacial score (nSPS) is 12.2. The molecule has 0 saturated heterocycles. The fourth-order valence-corrected chi connectivity index (χ4v) is 3.75. The summed E-state index contributed by atoms with van der Waals surface area (Å²) in [5.74, 6) is -1.14. The van der Waals surface area contributed by atoms with Crippen LogP contribution in [0.25, 0.3) is 0 Å². The van der Waals surface area contributed by atoms with Crippen molar-refractivity contribution in [3.8, 4) is 11.5 Å². The molecule has 0 spiro atoms. The van der Waals surface area contributed by atoms with Gasteiger partial charge in [0.25, 0.3) is 0 Å². The minimum Gasteiger partial charge on any atom is -0.497 e. The van der Waals surface area contributed by atoms with Gasteiger partial charge in [-0.15, -0.1) is 0 Å². The number of hydrogen-bond donors (Lipinski definition) is 1. The van der Waals surface area contributed by atoms with E-state index in [1.807, 2.05) is 0 Å². The molecular weight excluding hydrogens is 430 g/mol.